The standard InChI is InChI=1S/C29H29NO4/c1-2-25(32-19-21-11-5-3-6-12-21)26(33-20-22-13-7-4-8-14-22)27-28(34-27)29(31)30-18-17-23-15-9-10-16-24(23)30/h2-16,25-28H,1,17-20H2/t25-,26+,27+,28-/m1/s1. The molecule has 0 bridgehead atoms. The first-order chi connectivity index (χ1) is 16.7. The van der Waals surface area contributed by atoms with Crippen molar-refractivity contribution >= 4 is 11.6 Å². The Morgan fingerprint density at radius 2 is 1.56 bits per heavy atom. The number of anilines is 1. The first-order valence-electron chi connectivity index (χ1n) is 11.7. The van der Waals surface area contributed by atoms with Crippen LogP contribution in [0.15, 0.2) is 97.6 Å². The number of hydrogen-bond donors (Lipinski definition) is 0. The third-order valence-corrected chi connectivity index (χ3v) is 6.37. The molecule has 3 aromatic carbocycles. The van der Waals surface area contributed by atoms with E-state index in [9.17, 15) is 4.79 Å². The van der Waals surface area contributed by atoms with Gasteiger partial charge in [-0.05, 0) is 29.2 Å². The van der Waals surface area contributed by atoms with Crippen molar-refractivity contribution in [1.82, 2.24) is 0 Å². The Labute approximate surface area is 200 Å². The summed E-state index contributed by atoms with van der Waals surface area (Å²) in [6.45, 7) is 5.48. The lowest BCUT2D eigenvalue weighted by atomic mass is 10.1. The average molecular weight is 456 g/mol. The highest BCUT2D eigenvalue weighted by atomic mass is 16.6. The quantitative estimate of drug-likeness (QED) is 0.329. The second-order valence-electron chi connectivity index (χ2n) is 8.65. The zero-order chi connectivity index (χ0) is 23.3. The van der Waals surface area contributed by atoms with Crippen molar-refractivity contribution in [1.29, 1.82) is 0 Å². The van der Waals surface area contributed by atoms with E-state index in [0.717, 1.165) is 23.2 Å². The lowest BCUT2D eigenvalue weighted by molar-refractivity contribution is -0.119. The molecule has 5 rings (SSSR count). The third-order valence-electron chi connectivity index (χ3n) is 6.37. The zero-order valence-corrected chi connectivity index (χ0v) is 19.1. The highest BCUT2D eigenvalue weighted by Gasteiger charge is 2.54. The fourth-order valence-electron chi connectivity index (χ4n) is 4.50. The normalized spacial score (nSPS) is 20.4. The van der Waals surface area contributed by atoms with E-state index in [1.807, 2.05) is 83.8 Å². The number of benzene rings is 3. The molecule has 1 fully saturated rings. The average Bonchev–Trinajstić information content (AvgIpc) is 3.57. The Kier molecular flexibility index (Phi) is 6.86. The minimum atomic E-state index is -0.547. The van der Waals surface area contributed by atoms with Gasteiger partial charge in [0.05, 0.1) is 13.2 Å². The van der Waals surface area contributed by atoms with Gasteiger partial charge < -0.3 is 19.1 Å². The number of ether oxygens (including phenoxy) is 3. The van der Waals surface area contributed by atoms with Crippen LogP contribution in [0.5, 0.6) is 0 Å². The summed E-state index contributed by atoms with van der Waals surface area (Å²) in [5.74, 6) is -0.0193. The monoisotopic (exact) mass is 455 g/mol. The summed E-state index contributed by atoms with van der Waals surface area (Å²) in [6, 6.07) is 28.0. The van der Waals surface area contributed by atoms with Crippen LogP contribution in [0.1, 0.15) is 16.7 Å². The molecule has 0 saturated carbocycles. The Morgan fingerprint density at radius 1 is 0.941 bits per heavy atom. The van der Waals surface area contributed by atoms with E-state index in [-0.39, 0.29) is 12.0 Å². The second kappa shape index (κ2) is 10.3. The van der Waals surface area contributed by atoms with Gasteiger partial charge in [-0.15, -0.1) is 6.58 Å². The van der Waals surface area contributed by atoms with Gasteiger partial charge in [-0.1, -0.05) is 84.9 Å². The topological polar surface area (TPSA) is 51.3 Å². The number of hydrogen-bond acceptors (Lipinski definition) is 4. The number of carbonyl (C=O) groups excluding carboxylic acids is 1. The molecule has 0 N–H and O–H groups in total. The van der Waals surface area contributed by atoms with Crippen LogP contribution in [-0.2, 0) is 38.6 Å². The van der Waals surface area contributed by atoms with E-state index in [0.29, 0.717) is 19.8 Å². The molecule has 4 atom stereocenters. The Hall–Kier alpha value is -3.25. The van der Waals surface area contributed by atoms with Gasteiger partial charge in [0.2, 0.25) is 0 Å². The molecule has 0 spiro atoms. The molecule has 5 nitrogen and oxygen atoms in total. The number of carbonyl (C=O) groups is 1. The van der Waals surface area contributed by atoms with Crippen molar-refractivity contribution in [3.8, 4) is 0 Å². The molecule has 1 amide bonds. The van der Waals surface area contributed by atoms with Gasteiger partial charge in [0.1, 0.15) is 18.3 Å². The fraction of sp³-hybridized carbons (Fsp3) is 0.276. The summed E-state index contributed by atoms with van der Waals surface area (Å²) >= 11 is 0. The molecule has 1 saturated heterocycles. The van der Waals surface area contributed by atoms with Crippen molar-refractivity contribution in [2.24, 2.45) is 0 Å². The third kappa shape index (κ3) is 4.97. The van der Waals surface area contributed by atoms with Gasteiger partial charge in [0, 0.05) is 12.2 Å². The Morgan fingerprint density at radius 3 is 2.24 bits per heavy atom. The van der Waals surface area contributed by atoms with Crippen molar-refractivity contribution in [2.75, 3.05) is 11.4 Å². The maximum Gasteiger partial charge on any atom is 0.258 e. The van der Waals surface area contributed by atoms with Gasteiger partial charge in [0.25, 0.3) is 5.91 Å². The van der Waals surface area contributed by atoms with Crippen LogP contribution in [0.4, 0.5) is 5.69 Å². The van der Waals surface area contributed by atoms with Crippen molar-refractivity contribution < 1.29 is 19.0 Å². The predicted octanol–water partition coefficient (Wildman–Crippen LogP) is 4.70. The molecule has 2 aliphatic heterocycles. The van der Waals surface area contributed by atoms with Gasteiger partial charge >= 0.3 is 0 Å². The molecular weight excluding hydrogens is 426 g/mol. The molecular formula is C29H29NO4. The molecule has 0 radical (unpaired) electrons. The van der Waals surface area contributed by atoms with E-state index in [2.05, 4.69) is 12.6 Å². The summed E-state index contributed by atoms with van der Waals surface area (Å²) in [5.41, 5.74) is 4.29. The van der Waals surface area contributed by atoms with Gasteiger partial charge in [-0.2, -0.15) is 0 Å². The van der Waals surface area contributed by atoms with E-state index < -0.39 is 18.3 Å². The van der Waals surface area contributed by atoms with Crippen LogP contribution in [-0.4, -0.2) is 36.9 Å². The lowest BCUT2D eigenvalue weighted by Gasteiger charge is -2.25. The summed E-state index contributed by atoms with van der Waals surface area (Å²) in [4.78, 5) is 15.2. The van der Waals surface area contributed by atoms with E-state index >= 15 is 0 Å². The molecule has 2 aliphatic rings. The van der Waals surface area contributed by atoms with Crippen molar-refractivity contribution in [2.45, 2.75) is 44.1 Å². The van der Waals surface area contributed by atoms with E-state index in [1.54, 1.807) is 6.08 Å². The smallest absolute Gasteiger partial charge is 0.258 e. The molecule has 5 heteroatoms. The van der Waals surface area contributed by atoms with Crippen LogP contribution in [0.2, 0.25) is 0 Å². The number of amides is 1. The molecule has 3 aromatic rings. The van der Waals surface area contributed by atoms with Crippen LogP contribution in [0.3, 0.4) is 0 Å². The highest BCUT2D eigenvalue weighted by Crippen LogP contribution is 2.36. The Bertz CT molecular complexity index is 1120. The minimum absolute atomic E-state index is 0.0193. The lowest BCUT2D eigenvalue weighted by Crippen LogP contribution is -2.40. The minimum Gasteiger partial charge on any atom is -0.368 e. The second-order valence-corrected chi connectivity index (χ2v) is 8.65. The number of rotatable bonds is 10. The maximum absolute atomic E-state index is 13.3. The predicted molar refractivity (Wildman–Crippen MR) is 131 cm³/mol. The zero-order valence-electron chi connectivity index (χ0n) is 19.1. The molecule has 174 valence electrons. The summed E-state index contributed by atoms with van der Waals surface area (Å²) in [6.07, 6.45) is 0.804. The van der Waals surface area contributed by atoms with Gasteiger partial charge in [-0.25, -0.2) is 0 Å². The summed E-state index contributed by atoms with van der Waals surface area (Å²) in [7, 11) is 0. The van der Waals surface area contributed by atoms with Crippen molar-refractivity contribution in [3.63, 3.8) is 0 Å². The van der Waals surface area contributed by atoms with Crippen LogP contribution in [0.25, 0.3) is 0 Å². The highest BCUT2D eigenvalue weighted by molar-refractivity contribution is 6.00. The SMILES string of the molecule is C=C[C@@H](OCc1ccccc1)[C@H](OCc1ccccc1)[C@@H]1O[C@H]1C(=O)N1CCc2ccccc21. The molecule has 0 aromatic heterocycles. The molecule has 0 aliphatic carbocycles. The number of epoxide rings is 1. The molecule has 0 unspecified atom stereocenters. The number of nitrogens with zero attached hydrogens (tertiary/aromatic N) is 1. The number of fused-ring (bicyclic) bond motifs is 1. The fourth-order valence-corrected chi connectivity index (χ4v) is 4.50. The summed E-state index contributed by atoms with van der Waals surface area (Å²) in [5, 5.41) is 0. The number of para-hydroxylation sites is 1. The Balaban J connectivity index is 1.30. The molecule has 34 heavy (non-hydrogen) atoms. The van der Waals surface area contributed by atoms with E-state index in [4.69, 9.17) is 14.2 Å². The van der Waals surface area contributed by atoms with Crippen LogP contribution >= 0.6 is 0 Å². The molecule has 2 heterocycles. The first-order valence-corrected chi connectivity index (χ1v) is 11.7. The van der Waals surface area contributed by atoms with E-state index in [1.165, 1.54) is 5.56 Å². The first kappa shape index (κ1) is 22.5. The summed E-state index contributed by atoms with van der Waals surface area (Å²) < 4.78 is 18.5. The van der Waals surface area contributed by atoms with Gasteiger partial charge in [-0.3, -0.25) is 4.79 Å². The van der Waals surface area contributed by atoms with Crippen LogP contribution in [0, 0.1) is 0 Å². The largest absolute Gasteiger partial charge is 0.368 e. The van der Waals surface area contributed by atoms with Crippen molar-refractivity contribution in [3.05, 3.63) is 114 Å². The maximum atomic E-state index is 13.3. The van der Waals surface area contributed by atoms with Crippen LogP contribution < -0.4 is 4.90 Å². The van der Waals surface area contributed by atoms with Gasteiger partial charge in [0.15, 0.2) is 6.10 Å².